The minimum atomic E-state index is 0.176. The molecule has 4 heteroatoms. The molecule has 2 heterocycles. The quantitative estimate of drug-likeness (QED) is 0.518. The van der Waals surface area contributed by atoms with E-state index in [1.54, 1.807) is 6.33 Å². The molecule has 2 radical (unpaired) electrons. The Morgan fingerprint density at radius 2 is 2.25 bits per heavy atom. The van der Waals surface area contributed by atoms with Crippen molar-refractivity contribution in [1.82, 2.24) is 9.97 Å². The molecule has 24 heavy (non-hydrogen) atoms. The van der Waals surface area contributed by atoms with E-state index in [-0.39, 0.29) is 6.04 Å². The second-order valence-corrected chi connectivity index (χ2v) is 6.54. The lowest BCUT2D eigenvalue weighted by Gasteiger charge is -2.39. The van der Waals surface area contributed by atoms with Crippen molar-refractivity contribution in [3.63, 3.8) is 0 Å². The van der Waals surface area contributed by atoms with Gasteiger partial charge >= 0.3 is 0 Å². The first-order valence-electron chi connectivity index (χ1n) is 8.30. The number of fused-ring (bicyclic) bond motifs is 5. The number of rotatable bonds is 3. The molecule has 0 saturated carbocycles. The zero-order chi connectivity index (χ0) is 16.8. The molecule has 1 aromatic carbocycles. The van der Waals surface area contributed by atoms with Crippen molar-refractivity contribution in [1.29, 1.82) is 0 Å². The fourth-order valence-corrected chi connectivity index (χ4v) is 4.21. The van der Waals surface area contributed by atoms with Crippen molar-refractivity contribution in [2.24, 2.45) is 5.92 Å². The number of allylic oxidation sites excluding steroid dienone is 4. The predicted octanol–water partition coefficient (Wildman–Crippen LogP) is 3.42. The number of hydrogen-bond acceptors (Lipinski definition) is 2. The zero-order valence-electron chi connectivity index (χ0n) is 13.8. The SMILES string of the molecule is [B]c1c2c(c3[nH]cnc3c1C)C1C=CCC1C(/C(C=C)=C/C=C)N2. The molecule has 0 spiro atoms. The third-order valence-electron chi connectivity index (χ3n) is 5.39. The van der Waals surface area contributed by atoms with Crippen LogP contribution in [0.1, 0.15) is 23.5 Å². The van der Waals surface area contributed by atoms with Gasteiger partial charge in [-0.1, -0.05) is 49.0 Å². The van der Waals surface area contributed by atoms with Crippen LogP contribution in [0, 0.1) is 12.8 Å². The third kappa shape index (κ3) is 1.95. The summed E-state index contributed by atoms with van der Waals surface area (Å²) in [5, 5.41) is 3.70. The van der Waals surface area contributed by atoms with Crippen molar-refractivity contribution < 1.29 is 0 Å². The lowest BCUT2D eigenvalue weighted by molar-refractivity contribution is 0.457. The van der Waals surface area contributed by atoms with Gasteiger partial charge in [-0.25, -0.2) is 4.98 Å². The molecule has 1 aliphatic carbocycles. The second kappa shape index (κ2) is 5.55. The van der Waals surface area contributed by atoms with Gasteiger partial charge in [0.2, 0.25) is 0 Å². The number of aromatic amines is 1. The first kappa shape index (κ1) is 15.1. The van der Waals surface area contributed by atoms with Crippen LogP contribution in [0.15, 0.2) is 55.4 Å². The van der Waals surface area contributed by atoms with Crippen molar-refractivity contribution in [2.45, 2.75) is 25.3 Å². The fourth-order valence-electron chi connectivity index (χ4n) is 4.21. The standard InChI is InChI=1S/C20H20BN3/c1-4-7-12(5-2)18-14-9-6-8-13(14)15-19(24-18)16(21)11(3)17-20(15)23-10-22-17/h4-8,10,13-14,18,24H,1-2,9H2,3H3,(H,22,23)/b12-7+. The summed E-state index contributed by atoms with van der Waals surface area (Å²) < 4.78 is 0. The highest BCUT2D eigenvalue weighted by Gasteiger charge is 2.40. The van der Waals surface area contributed by atoms with Gasteiger partial charge in [-0.3, -0.25) is 0 Å². The largest absolute Gasteiger partial charge is 0.378 e. The highest BCUT2D eigenvalue weighted by molar-refractivity contribution is 6.38. The van der Waals surface area contributed by atoms with Gasteiger partial charge in [0.05, 0.1) is 23.4 Å². The lowest BCUT2D eigenvalue weighted by atomic mass is 9.72. The Morgan fingerprint density at radius 3 is 3.00 bits per heavy atom. The normalized spacial score (nSPS) is 25.2. The molecule has 4 rings (SSSR count). The van der Waals surface area contributed by atoms with E-state index in [2.05, 4.69) is 40.6 Å². The van der Waals surface area contributed by atoms with Crippen molar-refractivity contribution in [3.05, 3.63) is 66.6 Å². The summed E-state index contributed by atoms with van der Waals surface area (Å²) in [6.07, 6.45) is 13.1. The van der Waals surface area contributed by atoms with E-state index in [1.807, 2.05) is 25.2 Å². The van der Waals surface area contributed by atoms with Crippen LogP contribution in [0.25, 0.3) is 11.0 Å². The van der Waals surface area contributed by atoms with E-state index in [9.17, 15) is 0 Å². The first-order chi connectivity index (χ1) is 11.7. The number of anilines is 1. The number of benzene rings is 1. The molecule has 3 nitrogen and oxygen atoms in total. The molecule has 3 atom stereocenters. The smallest absolute Gasteiger partial charge is 0.117 e. The van der Waals surface area contributed by atoms with Gasteiger partial charge < -0.3 is 10.3 Å². The molecule has 2 aromatic rings. The van der Waals surface area contributed by atoms with Gasteiger partial charge in [0.1, 0.15) is 7.85 Å². The maximum absolute atomic E-state index is 6.48. The van der Waals surface area contributed by atoms with Gasteiger partial charge in [0.15, 0.2) is 0 Å². The Morgan fingerprint density at radius 1 is 1.42 bits per heavy atom. The zero-order valence-corrected chi connectivity index (χ0v) is 13.8. The first-order valence-corrected chi connectivity index (χ1v) is 8.30. The number of aromatic nitrogens is 2. The number of H-pyrrole nitrogens is 1. The summed E-state index contributed by atoms with van der Waals surface area (Å²) >= 11 is 0. The average Bonchev–Trinajstić information content (AvgIpc) is 3.25. The van der Waals surface area contributed by atoms with Crippen LogP contribution in [-0.4, -0.2) is 23.9 Å². The summed E-state index contributed by atoms with van der Waals surface area (Å²) in [4.78, 5) is 7.79. The maximum atomic E-state index is 6.48. The number of imidazole rings is 1. The molecule has 0 saturated heterocycles. The summed E-state index contributed by atoms with van der Waals surface area (Å²) in [6.45, 7) is 9.84. The molecular weight excluding hydrogens is 293 g/mol. The third-order valence-corrected chi connectivity index (χ3v) is 5.39. The van der Waals surface area contributed by atoms with E-state index < -0.39 is 0 Å². The Bertz CT molecular complexity index is 903. The molecule has 118 valence electrons. The Hall–Kier alpha value is -2.49. The topological polar surface area (TPSA) is 40.7 Å². The molecule has 2 aliphatic rings. The molecule has 3 unspecified atom stereocenters. The summed E-state index contributed by atoms with van der Waals surface area (Å²) in [5.41, 5.74) is 7.28. The van der Waals surface area contributed by atoms with Crippen LogP contribution < -0.4 is 10.8 Å². The Balaban J connectivity index is 1.97. The highest BCUT2D eigenvalue weighted by Crippen LogP contribution is 2.48. The monoisotopic (exact) mass is 313 g/mol. The molecular formula is C20H20BN3. The van der Waals surface area contributed by atoms with Crippen LogP contribution in [0.3, 0.4) is 0 Å². The van der Waals surface area contributed by atoms with Crippen LogP contribution in [-0.2, 0) is 0 Å². The lowest BCUT2D eigenvalue weighted by Crippen LogP contribution is -2.40. The van der Waals surface area contributed by atoms with Gasteiger partial charge in [-0.15, -0.1) is 0 Å². The highest BCUT2D eigenvalue weighted by atomic mass is 15.0. The van der Waals surface area contributed by atoms with Crippen molar-refractivity contribution in [2.75, 3.05) is 5.32 Å². The van der Waals surface area contributed by atoms with Crippen molar-refractivity contribution >= 4 is 30.0 Å². The van der Waals surface area contributed by atoms with Gasteiger partial charge in [0, 0.05) is 17.2 Å². The van der Waals surface area contributed by atoms with Crippen molar-refractivity contribution in [3.8, 4) is 0 Å². The maximum Gasteiger partial charge on any atom is 0.117 e. The van der Waals surface area contributed by atoms with Crippen LogP contribution in [0.4, 0.5) is 5.69 Å². The minimum Gasteiger partial charge on any atom is -0.378 e. The van der Waals surface area contributed by atoms with Gasteiger partial charge in [0.25, 0.3) is 0 Å². The fraction of sp³-hybridized carbons (Fsp3) is 0.250. The van der Waals surface area contributed by atoms with Crippen LogP contribution in [0.2, 0.25) is 0 Å². The molecule has 1 aliphatic heterocycles. The summed E-state index contributed by atoms with van der Waals surface area (Å²) in [7, 11) is 6.48. The molecule has 0 amide bonds. The number of nitrogens with one attached hydrogen (secondary N) is 2. The van der Waals surface area contributed by atoms with E-state index >= 15 is 0 Å². The molecule has 2 N–H and O–H groups in total. The predicted molar refractivity (Wildman–Crippen MR) is 102 cm³/mol. The minimum absolute atomic E-state index is 0.176. The molecule has 0 fully saturated rings. The van der Waals surface area contributed by atoms with E-state index in [0.717, 1.165) is 39.7 Å². The van der Waals surface area contributed by atoms with Gasteiger partial charge in [-0.2, -0.15) is 0 Å². The number of hydrogen-bond donors (Lipinski definition) is 2. The van der Waals surface area contributed by atoms with E-state index in [1.165, 1.54) is 5.56 Å². The second-order valence-electron chi connectivity index (χ2n) is 6.54. The van der Waals surface area contributed by atoms with Gasteiger partial charge in [-0.05, 0) is 30.4 Å². The summed E-state index contributed by atoms with van der Waals surface area (Å²) in [5.74, 6) is 0.764. The molecule has 0 bridgehead atoms. The van der Waals surface area contributed by atoms with Crippen LogP contribution >= 0.6 is 0 Å². The summed E-state index contributed by atoms with van der Waals surface area (Å²) in [6, 6.07) is 0.176. The van der Waals surface area contributed by atoms with E-state index in [4.69, 9.17) is 7.85 Å². The average molecular weight is 313 g/mol. The number of nitrogens with zero attached hydrogens (tertiary/aromatic N) is 1. The molecule has 1 aromatic heterocycles. The van der Waals surface area contributed by atoms with Crippen LogP contribution in [0.5, 0.6) is 0 Å². The van der Waals surface area contributed by atoms with E-state index in [0.29, 0.717) is 11.8 Å². The number of aryl methyl sites for hydroxylation is 1. The Kier molecular flexibility index (Phi) is 3.49. The Labute approximate surface area is 143 Å².